The van der Waals surface area contributed by atoms with Gasteiger partial charge in [0.25, 0.3) is 0 Å². The van der Waals surface area contributed by atoms with Gasteiger partial charge in [-0.1, -0.05) is 0 Å². The van der Waals surface area contributed by atoms with Gasteiger partial charge < -0.3 is 15.2 Å². The Morgan fingerprint density at radius 3 is 2.35 bits per heavy atom. The van der Waals surface area contributed by atoms with Crippen LogP contribution in [0.15, 0.2) is 18.2 Å². The predicted molar refractivity (Wildman–Crippen MR) is 67.5 cm³/mol. The molecule has 2 saturated carbocycles. The minimum absolute atomic E-state index is 0.211. The number of ether oxygens (including phenoxy) is 1. The summed E-state index contributed by atoms with van der Waals surface area (Å²) in [6.07, 6.45) is 5.43. The molecule has 2 aliphatic rings. The van der Waals surface area contributed by atoms with Crippen LogP contribution in [0.4, 0.5) is 5.69 Å². The van der Waals surface area contributed by atoms with Crippen LogP contribution >= 0.6 is 0 Å². The van der Waals surface area contributed by atoms with Crippen LogP contribution in [-0.4, -0.2) is 18.3 Å². The molecule has 0 saturated heterocycles. The van der Waals surface area contributed by atoms with Crippen molar-refractivity contribution in [3.63, 3.8) is 0 Å². The molecule has 92 valence electrons. The zero-order valence-corrected chi connectivity index (χ0v) is 10.1. The van der Waals surface area contributed by atoms with Gasteiger partial charge in [0, 0.05) is 17.8 Å². The zero-order chi connectivity index (χ0) is 11.8. The topological polar surface area (TPSA) is 41.5 Å². The third kappa shape index (κ3) is 2.33. The number of hydrogen-bond acceptors (Lipinski definition) is 3. The van der Waals surface area contributed by atoms with E-state index in [4.69, 9.17) is 4.74 Å². The number of rotatable bonds is 5. The van der Waals surface area contributed by atoms with E-state index in [9.17, 15) is 5.11 Å². The minimum Gasteiger partial charge on any atom is -0.504 e. The molecule has 0 bridgehead atoms. The molecule has 2 aliphatic carbocycles. The van der Waals surface area contributed by atoms with E-state index in [2.05, 4.69) is 5.32 Å². The van der Waals surface area contributed by atoms with Gasteiger partial charge in [-0.05, 0) is 49.7 Å². The van der Waals surface area contributed by atoms with Crippen LogP contribution < -0.4 is 10.1 Å². The molecule has 2 N–H and O–H groups in total. The normalized spacial score (nSPS) is 19.4. The summed E-state index contributed by atoms with van der Waals surface area (Å²) in [5.74, 6) is 2.45. The van der Waals surface area contributed by atoms with Crippen molar-refractivity contribution in [2.24, 2.45) is 11.8 Å². The van der Waals surface area contributed by atoms with Gasteiger partial charge in [-0.25, -0.2) is 0 Å². The van der Waals surface area contributed by atoms with Gasteiger partial charge in [-0.3, -0.25) is 0 Å². The average Bonchev–Trinajstić information content (AvgIpc) is 3.16. The predicted octanol–water partition coefficient (Wildman–Crippen LogP) is 3.00. The molecule has 1 aromatic carbocycles. The third-order valence-corrected chi connectivity index (χ3v) is 3.77. The van der Waals surface area contributed by atoms with Crippen LogP contribution in [0.1, 0.15) is 25.7 Å². The van der Waals surface area contributed by atoms with E-state index >= 15 is 0 Å². The molecule has 3 heteroatoms. The second kappa shape index (κ2) is 4.13. The van der Waals surface area contributed by atoms with Crippen LogP contribution in [0.2, 0.25) is 0 Å². The van der Waals surface area contributed by atoms with Gasteiger partial charge in [0.1, 0.15) is 0 Å². The number of phenolic OH excluding ortho intramolecular Hbond substituents is 1. The number of phenols is 1. The van der Waals surface area contributed by atoms with E-state index in [1.807, 2.05) is 12.1 Å². The summed E-state index contributed by atoms with van der Waals surface area (Å²) >= 11 is 0. The second-order valence-corrected chi connectivity index (χ2v) is 5.23. The first kappa shape index (κ1) is 10.8. The van der Waals surface area contributed by atoms with Crippen molar-refractivity contribution in [1.29, 1.82) is 0 Å². The number of nitrogens with one attached hydrogen (secondary N) is 1. The summed E-state index contributed by atoms with van der Waals surface area (Å²) in [6, 6.07) is 6.17. The fourth-order valence-corrected chi connectivity index (χ4v) is 2.50. The average molecular weight is 233 g/mol. The molecule has 0 spiro atoms. The van der Waals surface area contributed by atoms with Gasteiger partial charge in [0.05, 0.1) is 7.11 Å². The maximum atomic E-state index is 9.75. The Hall–Kier alpha value is -1.38. The quantitative estimate of drug-likeness (QED) is 0.821. The third-order valence-electron chi connectivity index (χ3n) is 3.77. The smallest absolute Gasteiger partial charge is 0.160 e. The van der Waals surface area contributed by atoms with Crippen LogP contribution in [0, 0.1) is 11.8 Å². The van der Waals surface area contributed by atoms with Crippen LogP contribution in [0.5, 0.6) is 11.5 Å². The van der Waals surface area contributed by atoms with Gasteiger partial charge in [0.2, 0.25) is 0 Å². The highest BCUT2D eigenvalue weighted by molar-refractivity contribution is 5.54. The van der Waals surface area contributed by atoms with Crippen LogP contribution in [0.25, 0.3) is 0 Å². The maximum Gasteiger partial charge on any atom is 0.160 e. The van der Waals surface area contributed by atoms with Crippen molar-refractivity contribution in [1.82, 2.24) is 0 Å². The van der Waals surface area contributed by atoms with E-state index in [0.717, 1.165) is 17.5 Å². The fourth-order valence-electron chi connectivity index (χ4n) is 2.50. The largest absolute Gasteiger partial charge is 0.504 e. The summed E-state index contributed by atoms with van der Waals surface area (Å²) in [5.41, 5.74) is 1.01. The number of hydrogen-bond donors (Lipinski definition) is 2. The Bertz CT molecular complexity index is 399. The summed E-state index contributed by atoms with van der Waals surface area (Å²) in [5, 5.41) is 13.3. The highest BCUT2D eigenvalue weighted by Gasteiger charge is 2.41. The van der Waals surface area contributed by atoms with Crippen molar-refractivity contribution in [3.8, 4) is 11.5 Å². The van der Waals surface area contributed by atoms with E-state index < -0.39 is 0 Å². The van der Waals surface area contributed by atoms with Gasteiger partial charge >= 0.3 is 0 Å². The molecule has 2 fully saturated rings. The fraction of sp³-hybridized carbons (Fsp3) is 0.571. The lowest BCUT2D eigenvalue weighted by molar-refractivity contribution is 0.373. The molecule has 0 radical (unpaired) electrons. The Morgan fingerprint density at radius 1 is 1.24 bits per heavy atom. The molecule has 0 heterocycles. The highest BCUT2D eigenvalue weighted by Crippen LogP contribution is 2.46. The summed E-state index contributed by atoms with van der Waals surface area (Å²) in [6.45, 7) is 0. The van der Waals surface area contributed by atoms with Crippen molar-refractivity contribution in [2.45, 2.75) is 31.7 Å². The van der Waals surface area contributed by atoms with Crippen molar-refractivity contribution >= 4 is 5.69 Å². The van der Waals surface area contributed by atoms with Gasteiger partial charge in [0.15, 0.2) is 11.5 Å². The molecule has 0 atom stereocenters. The lowest BCUT2D eigenvalue weighted by Crippen LogP contribution is -2.24. The number of methoxy groups -OCH3 is 1. The summed E-state index contributed by atoms with van der Waals surface area (Å²) < 4.78 is 5.05. The molecule has 3 nitrogen and oxygen atoms in total. The first-order valence-electron chi connectivity index (χ1n) is 6.41. The van der Waals surface area contributed by atoms with E-state index in [1.54, 1.807) is 13.2 Å². The van der Waals surface area contributed by atoms with E-state index in [-0.39, 0.29) is 5.75 Å². The molecule has 1 aromatic rings. The van der Waals surface area contributed by atoms with Crippen molar-refractivity contribution in [2.75, 3.05) is 12.4 Å². The number of benzene rings is 1. The Balaban J connectivity index is 1.72. The van der Waals surface area contributed by atoms with Gasteiger partial charge in [-0.15, -0.1) is 0 Å². The summed E-state index contributed by atoms with van der Waals surface area (Å²) in [4.78, 5) is 0. The highest BCUT2D eigenvalue weighted by atomic mass is 16.5. The molecular formula is C14H19NO2. The Labute approximate surface area is 102 Å². The maximum absolute atomic E-state index is 9.75. The molecule has 0 amide bonds. The Kier molecular flexibility index (Phi) is 2.61. The molecule has 17 heavy (non-hydrogen) atoms. The van der Waals surface area contributed by atoms with Crippen molar-refractivity contribution < 1.29 is 9.84 Å². The van der Waals surface area contributed by atoms with Crippen LogP contribution in [-0.2, 0) is 0 Å². The van der Waals surface area contributed by atoms with Gasteiger partial charge in [-0.2, -0.15) is 0 Å². The lowest BCUT2D eigenvalue weighted by atomic mass is 10.1. The SMILES string of the molecule is COc1ccc(NC(C2CC2)C2CC2)cc1O. The first-order chi connectivity index (χ1) is 8.28. The molecule has 0 aromatic heterocycles. The molecule has 3 rings (SSSR count). The summed E-state index contributed by atoms with van der Waals surface area (Å²) in [7, 11) is 1.57. The second-order valence-electron chi connectivity index (χ2n) is 5.23. The molecular weight excluding hydrogens is 214 g/mol. The number of aromatic hydroxyl groups is 1. The molecule has 0 aliphatic heterocycles. The van der Waals surface area contributed by atoms with E-state index in [0.29, 0.717) is 11.8 Å². The van der Waals surface area contributed by atoms with E-state index in [1.165, 1.54) is 25.7 Å². The lowest BCUT2D eigenvalue weighted by Gasteiger charge is -2.19. The molecule has 0 unspecified atom stereocenters. The Morgan fingerprint density at radius 2 is 1.88 bits per heavy atom. The zero-order valence-electron chi connectivity index (χ0n) is 10.1. The standard InChI is InChI=1S/C14H19NO2/c1-17-13-7-6-11(8-12(13)16)15-14(9-2-3-9)10-4-5-10/h6-10,14-16H,2-5H2,1H3. The first-order valence-corrected chi connectivity index (χ1v) is 6.41. The monoisotopic (exact) mass is 233 g/mol. The minimum atomic E-state index is 0.211. The van der Waals surface area contributed by atoms with Crippen LogP contribution in [0.3, 0.4) is 0 Å². The number of anilines is 1. The van der Waals surface area contributed by atoms with Crippen molar-refractivity contribution in [3.05, 3.63) is 18.2 Å².